The Balaban J connectivity index is 1.69. The Morgan fingerprint density at radius 3 is 2.50 bits per heavy atom. The van der Waals surface area contributed by atoms with Gasteiger partial charge in [-0.1, -0.05) is 12.1 Å². The molecule has 2 aliphatic heterocycles. The van der Waals surface area contributed by atoms with E-state index in [9.17, 15) is 4.79 Å². The van der Waals surface area contributed by atoms with Crippen molar-refractivity contribution >= 4 is 11.6 Å². The Morgan fingerprint density at radius 1 is 1.14 bits per heavy atom. The van der Waals surface area contributed by atoms with E-state index >= 15 is 0 Å². The van der Waals surface area contributed by atoms with Gasteiger partial charge in [0.25, 0.3) is 0 Å². The van der Waals surface area contributed by atoms with E-state index in [0.717, 1.165) is 32.6 Å². The second-order valence-electron chi connectivity index (χ2n) is 6.40. The van der Waals surface area contributed by atoms with Crippen molar-refractivity contribution in [3.05, 3.63) is 29.8 Å². The highest BCUT2D eigenvalue weighted by Gasteiger charge is 2.37. The van der Waals surface area contributed by atoms with Gasteiger partial charge in [0, 0.05) is 50.4 Å². The lowest BCUT2D eigenvalue weighted by atomic mass is 10.1. The molecule has 0 spiro atoms. The van der Waals surface area contributed by atoms with E-state index in [2.05, 4.69) is 53.2 Å². The summed E-state index contributed by atoms with van der Waals surface area (Å²) in [5, 5.41) is 3.04. The van der Waals surface area contributed by atoms with Crippen LogP contribution >= 0.6 is 0 Å². The number of amides is 1. The summed E-state index contributed by atoms with van der Waals surface area (Å²) < 4.78 is 0. The third kappa shape index (κ3) is 3.12. The minimum atomic E-state index is 0.217. The summed E-state index contributed by atoms with van der Waals surface area (Å²) in [5.41, 5.74) is 2.64. The van der Waals surface area contributed by atoms with Crippen LogP contribution in [0.3, 0.4) is 0 Å². The zero-order valence-corrected chi connectivity index (χ0v) is 13.7. The third-order valence-corrected chi connectivity index (χ3v) is 5.16. The number of hydrogen-bond donors (Lipinski definition) is 1. The molecule has 1 amide bonds. The van der Waals surface area contributed by atoms with Crippen LogP contribution in [0.4, 0.5) is 5.69 Å². The topological polar surface area (TPSA) is 35.6 Å². The zero-order valence-electron chi connectivity index (χ0n) is 13.7. The van der Waals surface area contributed by atoms with E-state index in [1.165, 1.54) is 17.7 Å². The molecule has 2 bridgehead atoms. The highest BCUT2D eigenvalue weighted by molar-refractivity contribution is 5.77. The van der Waals surface area contributed by atoms with Crippen LogP contribution in [0.5, 0.6) is 0 Å². The van der Waals surface area contributed by atoms with E-state index in [0.29, 0.717) is 18.5 Å². The maximum Gasteiger partial charge on any atom is 0.221 e. The molecule has 0 aromatic heterocycles. The SMILES string of the molecule is CCN(CC)c1ccc(CN2[C@@H]3CC[C@H]2CC(=O)NC3)cc1. The lowest BCUT2D eigenvalue weighted by Gasteiger charge is -2.27. The fraction of sp³-hybridized carbons (Fsp3) is 0.611. The van der Waals surface area contributed by atoms with Crippen LogP contribution < -0.4 is 10.2 Å². The summed E-state index contributed by atoms with van der Waals surface area (Å²) in [6.45, 7) is 8.24. The predicted molar refractivity (Wildman–Crippen MR) is 90.0 cm³/mol. The summed E-state index contributed by atoms with van der Waals surface area (Å²) >= 11 is 0. The first-order valence-electron chi connectivity index (χ1n) is 8.57. The first-order valence-corrected chi connectivity index (χ1v) is 8.57. The quantitative estimate of drug-likeness (QED) is 0.907. The second kappa shape index (κ2) is 6.69. The van der Waals surface area contributed by atoms with Crippen molar-refractivity contribution in [1.29, 1.82) is 0 Å². The molecule has 1 N–H and O–H groups in total. The van der Waals surface area contributed by atoms with Gasteiger partial charge in [0.15, 0.2) is 0 Å². The van der Waals surface area contributed by atoms with E-state index in [1.807, 2.05) is 0 Å². The van der Waals surface area contributed by atoms with Gasteiger partial charge in [-0.05, 0) is 44.4 Å². The fourth-order valence-corrected chi connectivity index (χ4v) is 3.84. The van der Waals surface area contributed by atoms with E-state index < -0.39 is 0 Å². The molecule has 0 unspecified atom stereocenters. The second-order valence-corrected chi connectivity index (χ2v) is 6.40. The predicted octanol–water partition coefficient (Wildman–Crippen LogP) is 2.39. The number of hydrogen-bond acceptors (Lipinski definition) is 3. The van der Waals surface area contributed by atoms with Crippen molar-refractivity contribution in [1.82, 2.24) is 10.2 Å². The van der Waals surface area contributed by atoms with Crippen LogP contribution in [0, 0.1) is 0 Å². The molecule has 3 rings (SSSR count). The monoisotopic (exact) mass is 301 g/mol. The number of rotatable bonds is 5. The highest BCUT2D eigenvalue weighted by atomic mass is 16.1. The first-order chi connectivity index (χ1) is 10.7. The number of carbonyl (C=O) groups is 1. The molecule has 4 heteroatoms. The van der Waals surface area contributed by atoms with Crippen LogP contribution in [-0.4, -0.2) is 42.5 Å². The lowest BCUT2D eigenvalue weighted by Crippen LogP contribution is -2.37. The first kappa shape index (κ1) is 15.3. The maximum atomic E-state index is 11.7. The van der Waals surface area contributed by atoms with Gasteiger partial charge >= 0.3 is 0 Å². The van der Waals surface area contributed by atoms with Gasteiger partial charge in [0.05, 0.1) is 0 Å². The molecule has 2 heterocycles. The van der Waals surface area contributed by atoms with Crippen LogP contribution in [-0.2, 0) is 11.3 Å². The molecular weight excluding hydrogens is 274 g/mol. The fourth-order valence-electron chi connectivity index (χ4n) is 3.84. The Morgan fingerprint density at radius 2 is 1.82 bits per heavy atom. The molecule has 1 aromatic rings. The van der Waals surface area contributed by atoms with Gasteiger partial charge < -0.3 is 10.2 Å². The molecule has 120 valence electrons. The van der Waals surface area contributed by atoms with E-state index in [-0.39, 0.29) is 5.91 Å². The Labute approximate surface area is 133 Å². The third-order valence-electron chi connectivity index (χ3n) is 5.16. The molecule has 0 saturated carbocycles. The average molecular weight is 301 g/mol. The molecule has 2 saturated heterocycles. The van der Waals surface area contributed by atoms with Crippen molar-refractivity contribution in [3.63, 3.8) is 0 Å². The van der Waals surface area contributed by atoms with Crippen LogP contribution in [0.2, 0.25) is 0 Å². The molecule has 4 nitrogen and oxygen atoms in total. The minimum absolute atomic E-state index is 0.217. The van der Waals surface area contributed by atoms with E-state index in [4.69, 9.17) is 0 Å². The van der Waals surface area contributed by atoms with Gasteiger partial charge in [-0.25, -0.2) is 0 Å². The van der Waals surface area contributed by atoms with Crippen molar-refractivity contribution < 1.29 is 4.79 Å². The van der Waals surface area contributed by atoms with Crippen LogP contribution in [0.25, 0.3) is 0 Å². The average Bonchev–Trinajstić information content (AvgIpc) is 2.81. The Bertz CT molecular complexity index is 510. The number of carbonyl (C=O) groups excluding carboxylic acids is 1. The lowest BCUT2D eigenvalue weighted by molar-refractivity contribution is -0.121. The molecule has 0 radical (unpaired) electrons. The highest BCUT2D eigenvalue weighted by Crippen LogP contribution is 2.30. The summed E-state index contributed by atoms with van der Waals surface area (Å²) in [6, 6.07) is 9.88. The van der Waals surface area contributed by atoms with Gasteiger partial charge in [-0.15, -0.1) is 0 Å². The number of fused-ring (bicyclic) bond motifs is 2. The van der Waals surface area contributed by atoms with Crippen molar-refractivity contribution in [3.8, 4) is 0 Å². The Kier molecular flexibility index (Phi) is 4.67. The van der Waals surface area contributed by atoms with Gasteiger partial charge in [0.1, 0.15) is 0 Å². The van der Waals surface area contributed by atoms with Gasteiger partial charge in [0.2, 0.25) is 5.91 Å². The summed E-state index contributed by atoms with van der Waals surface area (Å²) in [4.78, 5) is 16.6. The van der Waals surface area contributed by atoms with Crippen molar-refractivity contribution in [2.45, 2.75) is 51.7 Å². The smallest absolute Gasteiger partial charge is 0.221 e. The minimum Gasteiger partial charge on any atom is -0.372 e. The van der Waals surface area contributed by atoms with Crippen molar-refractivity contribution in [2.24, 2.45) is 0 Å². The summed E-state index contributed by atoms with van der Waals surface area (Å²) in [5.74, 6) is 0.217. The van der Waals surface area contributed by atoms with Gasteiger partial charge in [-0.3, -0.25) is 9.69 Å². The number of nitrogens with one attached hydrogen (secondary N) is 1. The molecule has 2 aliphatic rings. The van der Waals surface area contributed by atoms with Crippen LogP contribution in [0.1, 0.15) is 38.7 Å². The molecular formula is C18H27N3O. The summed E-state index contributed by atoms with van der Waals surface area (Å²) in [6.07, 6.45) is 3.03. The van der Waals surface area contributed by atoms with Crippen molar-refractivity contribution in [2.75, 3.05) is 24.5 Å². The van der Waals surface area contributed by atoms with Crippen LogP contribution in [0.15, 0.2) is 24.3 Å². The standard InChI is InChI=1S/C18H27N3O/c1-3-20(4-2)15-7-5-14(6-8-15)13-21-16-9-10-17(21)12-19-18(22)11-16/h5-8,16-17H,3-4,9-13H2,1-2H3,(H,19,22)/t16-,17+/m0/s1. The van der Waals surface area contributed by atoms with E-state index in [1.54, 1.807) is 0 Å². The molecule has 0 aliphatic carbocycles. The number of anilines is 1. The zero-order chi connectivity index (χ0) is 15.5. The molecule has 22 heavy (non-hydrogen) atoms. The largest absolute Gasteiger partial charge is 0.372 e. The number of nitrogens with zero attached hydrogens (tertiary/aromatic N) is 2. The molecule has 2 fully saturated rings. The normalized spacial score (nSPS) is 24.9. The molecule has 1 aromatic carbocycles. The van der Waals surface area contributed by atoms with Gasteiger partial charge in [-0.2, -0.15) is 0 Å². The maximum absolute atomic E-state index is 11.7. The Hall–Kier alpha value is -1.55. The molecule has 2 atom stereocenters. The number of benzene rings is 1. The summed E-state index contributed by atoms with van der Waals surface area (Å²) in [7, 11) is 0.